The van der Waals surface area contributed by atoms with Crippen LogP contribution in [0.2, 0.25) is 0 Å². The second-order valence-electron chi connectivity index (χ2n) is 3.20. The minimum absolute atomic E-state index is 0.204. The Morgan fingerprint density at radius 1 is 1.31 bits per heavy atom. The van der Waals surface area contributed by atoms with E-state index < -0.39 is 5.97 Å². The van der Waals surface area contributed by atoms with Crippen LogP contribution in [0.3, 0.4) is 0 Å². The van der Waals surface area contributed by atoms with Crippen LogP contribution in [0.25, 0.3) is 0 Å². The highest BCUT2D eigenvalue weighted by Gasteiger charge is 2.16. The van der Waals surface area contributed by atoms with Gasteiger partial charge < -0.3 is 10.0 Å². The van der Waals surface area contributed by atoms with Crippen molar-refractivity contribution in [2.75, 3.05) is 11.4 Å². The number of carbonyl (C=O) groups excluding carboxylic acids is 1. The highest BCUT2D eigenvalue weighted by molar-refractivity contribution is 9.10. The number of carbonyl (C=O) groups is 2. The number of benzene rings is 1. The highest BCUT2D eigenvalue weighted by Crippen LogP contribution is 2.18. The molecule has 0 fully saturated rings. The van der Waals surface area contributed by atoms with E-state index in [1.54, 1.807) is 31.2 Å². The first-order valence-electron chi connectivity index (χ1n) is 4.82. The lowest BCUT2D eigenvalue weighted by molar-refractivity contribution is -0.136. The topological polar surface area (TPSA) is 57.6 Å². The lowest BCUT2D eigenvalue weighted by Crippen LogP contribution is -2.35. The van der Waals surface area contributed by atoms with Crippen LogP contribution < -0.4 is 4.90 Å². The Balaban J connectivity index is 2.96. The molecule has 0 aliphatic heterocycles. The van der Waals surface area contributed by atoms with Crippen molar-refractivity contribution < 1.29 is 14.7 Å². The standard InChI is InChI=1S/C11H12BrNO3/c1-2-10(14)13(7-11(15)16)9-5-3-8(12)4-6-9/h3-6H,2,7H2,1H3,(H,15,16). The van der Waals surface area contributed by atoms with E-state index in [-0.39, 0.29) is 18.9 Å². The van der Waals surface area contributed by atoms with Gasteiger partial charge in [-0.25, -0.2) is 0 Å². The van der Waals surface area contributed by atoms with Crippen LogP contribution in [-0.2, 0) is 9.59 Å². The monoisotopic (exact) mass is 285 g/mol. The van der Waals surface area contributed by atoms with Crippen molar-refractivity contribution in [1.82, 2.24) is 0 Å². The van der Waals surface area contributed by atoms with Gasteiger partial charge in [0.05, 0.1) is 0 Å². The van der Waals surface area contributed by atoms with Crippen LogP contribution in [0.1, 0.15) is 13.3 Å². The van der Waals surface area contributed by atoms with Crippen LogP contribution in [0.15, 0.2) is 28.7 Å². The van der Waals surface area contributed by atoms with Crippen LogP contribution in [0.4, 0.5) is 5.69 Å². The van der Waals surface area contributed by atoms with Crippen molar-refractivity contribution in [2.24, 2.45) is 0 Å². The van der Waals surface area contributed by atoms with Gasteiger partial charge in [0.25, 0.3) is 0 Å². The van der Waals surface area contributed by atoms with Crippen molar-refractivity contribution in [2.45, 2.75) is 13.3 Å². The van der Waals surface area contributed by atoms with Gasteiger partial charge in [-0.05, 0) is 24.3 Å². The van der Waals surface area contributed by atoms with Crippen LogP contribution in [-0.4, -0.2) is 23.5 Å². The van der Waals surface area contributed by atoms with E-state index in [9.17, 15) is 9.59 Å². The summed E-state index contributed by atoms with van der Waals surface area (Å²) in [4.78, 5) is 23.5. The van der Waals surface area contributed by atoms with Crippen molar-refractivity contribution in [1.29, 1.82) is 0 Å². The van der Waals surface area contributed by atoms with Crippen molar-refractivity contribution in [3.8, 4) is 0 Å². The third kappa shape index (κ3) is 3.34. The number of carboxylic acid groups (broad SMARTS) is 1. The summed E-state index contributed by atoms with van der Waals surface area (Å²) in [5.41, 5.74) is 0.595. The molecule has 1 rings (SSSR count). The average Bonchev–Trinajstić information content (AvgIpc) is 2.26. The van der Waals surface area contributed by atoms with Gasteiger partial charge in [-0.2, -0.15) is 0 Å². The van der Waals surface area contributed by atoms with E-state index in [0.29, 0.717) is 5.69 Å². The fraction of sp³-hybridized carbons (Fsp3) is 0.273. The van der Waals surface area contributed by atoms with Gasteiger partial charge in [0.2, 0.25) is 5.91 Å². The average molecular weight is 286 g/mol. The number of aliphatic carboxylic acids is 1. The van der Waals surface area contributed by atoms with E-state index in [4.69, 9.17) is 5.11 Å². The first kappa shape index (κ1) is 12.7. The van der Waals surface area contributed by atoms with Crippen LogP contribution >= 0.6 is 15.9 Å². The molecule has 0 atom stereocenters. The molecule has 0 aliphatic carbocycles. The lowest BCUT2D eigenvalue weighted by atomic mass is 10.2. The van der Waals surface area contributed by atoms with Crippen molar-refractivity contribution in [3.63, 3.8) is 0 Å². The summed E-state index contributed by atoms with van der Waals surface area (Å²) in [6.45, 7) is 1.39. The minimum Gasteiger partial charge on any atom is -0.480 e. The molecule has 0 aromatic heterocycles. The normalized spacial score (nSPS) is 9.88. The van der Waals surface area contributed by atoms with Crippen molar-refractivity contribution >= 4 is 33.5 Å². The van der Waals surface area contributed by atoms with Crippen molar-refractivity contribution in [3.05, 3.63) is 28.7 Å². The molecule has 1 amide bonds. The predicted octanol–water partition coefficient (Wildman–Crippen LogP) is 2.28. The molecule has 86 valence electrons. The van der Waals surface area contributed by atoms with Gasteiger partial charge in [0.1, 0.15) is 6.54 Å². The minimum atomic E-state index is -1.02. The van der Waals surface area contributed by atoms with Gasteiger partial charge >= 0.3 is 5.97 Å². The van der Waals surface area contributed by atoms with E-state index in [1.807, 2.05) is 0 Å². The molecule has 0 saturated heterocycles. The van der Waals surface area contributed by atoms with E-state index in [2.05, 4.69) is 15.9 Å². The lowest BCUT2D eigenvalue weighted by Gasteiger charge is -2.20. The third-order valence-corrected chi connectivity index (χ3v) is 2.56. The number of anilines is 1. The first-order chi connectivity index (χ1) is 7.54. The molecule has 0 radical (unpaired) electrons. The van der Waals surface area contributed by atoms with E-state index in [0.717, 1.165) is 4.47 Å². The third-order valence-electron chi connectivity index (χ3n) is 2.04. The first-order valence-corrected chi connectivity index (χ1v) is 5.61. The number of hydrogen-bond acceptors (Lipinski definition) is 2. The molecule has 1 aromatic carbocycles. The summed E-state index contributed by atoms with van der Waals surface area (Å²) < 4.78 is 0.885. The zero-order chi connectivity index (χ0) is 12.1. The summed E-state index contributed by atoms with van der Waals surface area (Å²) in [7, 11) is 0. The fourth-order valence-electron chi connectivity index (χ4n) is 1.27. The van der Waals surface area contributed by atoms with Crippen LogP contribution in [0.5, 0.6) is 0 Å². The number of rotatable bonds is 4. The molecule has 0 saturated carbocycles. The summed E-state index contributed by atoms with van der Waals surface area (Å²) in [6.07, 6.45) is 0.281. The zero-order valence-electron chi connectivity index (χ0n) is 8.81. The Morgan fingerprint density at radius 3 is 2.31 bits per heavy atom. The fourth-order valence-corrected chi connectivity index (χ4v) is 1.53. The molecule has 0 aliphatic rings. The molecular weight excluding hydrogens is 274 g/mol. The number of carboxylic acids is 1. The molecule has 4 nitrogen and oxygen atoms in total. The Kier molecular flexibility index (Phi) is 4.49. The van der Waals surface area contributed by atoms with Crippen LogP contribution in [0, 0.1) is 0 Å². The smallest absolute Gasteiger partial charge is 0.323 e. The summed E-state index contributed by atoms with van der Waals surface area (Å²) >= 11 is 3.28. The molecule has 0 bridgehead atoms. The van der Waals surface area contributed by atoms with Gasteiger partial charge in [0, 0.05) is 16.6 Å². The molecule has 0 heterocycles. The molecule has 5 heteroatoms. The Morgan fingerprint density at radius 2 is 1.88 bits per heavy atom. The molecule has 16 heavy (non-hydrogen) atoms. The maximum absolute atomic E-state index is 11.6. The molecular formula is C11H12BrNO3. The van der Waals surface area contributed by atoms with Gasteiger partial charge in [-0.1, -0.05) is 22.9 Å². The number of amides is 1. The maximum atomic E-state index is 11.6. The number of nitrogens with zero attached hydrogens (tertiary/aromatic N) is 1. The Bertz CT molecular complexity index is 389. The zero-order valence-corrected chi connectivity index (χ0v) is 10.4. The molecule has 0 unspecified atom stereocenters. The SMILES string of the molecule is CCC(=O)N(CC(=O)O)c1ccc(Br)cc1. The Hall–Kier alpha value is -1.36. The van der Waals surface area contributed by atoms with Gasteiger partial charge in [-0.3, -0.25) is 9.59 Å². The highest BCUT2D eigenvalue weighted by atomic mass is 79.9. The molecule has 1 aromatic rings. The Labute approximate surface area is 102 Å². The largest absolute Gasteiger partial charge is 0.480 e. The second kappa shape index (κ2) is 5.65. The summed E-state index contributed by atoms with van der Waals surface area (Å²) in [6, 6.07) is 6.96. The van der Waals surface area contributed by atoms with Gasteiger partial charge in [-0.15, -0.1) is 0 Å². The van der Waals surface area contributed by atoms with E-state index in [1.165, 1.54) is 4.90 Å². The summed E-state index contributed by atoms with van der Waals surface area (Å²) in [5, 5.41) is 8.74. The molecule has 1 N–H and O–H groups in total. The van der Waals surface area contributed by atoms with E-state index >= 15 is 0 Å². The number of hydrogen-bond donors (Lipinski definition) is 1. The maximum Gasteiger partial charge on any atom is 0.323 e. The predicted molar refractivity (Wildman–Crippen MR) is 64.4 cm³/mol. The number of halogens is 1. The summed E-state index contributed by atoms with van der Waals surface area (Å²) in [5.74, 6) is -1.23. The second-order valence-corrected chi connectivity index (χ2v) is 4.12. The molecule has 0 spiro atoms. The quantitative estimate of drug-likeness (QED) is 0.923. The van der Waals surface area contributed by atoms with Gasteiger partial charge in [0.15, 0.2) is 0 Å².